The lowest BCUT2D eigenvalue weighted by Gasteiger charge is -2.33. The van der Waals surface area contributed by atoms with Crippen LogP contribution in [0.2, 0.25) is 0 Å². The van der Waals surface area contributed by atoms with Crippen molar-refractivity contribution < 1.29 is 8.78 Å². The van der Waals surface area contributed by atoms with Crippen molar-refractivity contribution in [3.63, 3.8) is 0 Å². The summed E-state index contributed by atoms with van der Waals surface area (Å²) in [6.45, 7) is 5.52. The number of rotatable bonds is 7. The summed E-state index contributed by atoms with van der Waals surface area (Å²) in [5, 5.41) is 12.4. The minimum Gasteiger partial charge on any atom is -0.369 e. The van der Waals surface area contributed by atoms with Crippen molar-refractivity contribution in [1.82, 2.24) is 26.0 Å². The normalized spacial score (nSPS) is 17.6. The van der Waals surface area contributed by atoms with Crippen LogP contribution in [0.3, 0.4) is 0 Å². The molecule has 4 N–H and O–H groups in total. The SMILES string of the molecule is CN1CCN(CCNC2=C(C(=N)c3ccc(F)c(F)c3)C(Cl)=C(c3ccccc3)NN2)CC1. The highest BCUT2D eigenvalue weighted by atomic mass is 35.5. The van der Waals surface area contributed by atoms with Gasteiger partial charge in [-0.3, -0.25) is 21.2 Å². The van der Waals surface area contributed by atoms with Crippen LogP contribution in [0, 0.1) is 17.0 Å². The zero-order valence-electron chi connectivity index (χ0n) is 18.4. The van der Waals surface area contributed by atoms with Crippen LogP contribution in [0.4, 0.5) is 8.78 Å². The number of nitrogens with one attached hydrogen (secondary N) is 4. The van der Waals surface area contributed by atoms with Crippen molar-refractivity contribution in [1.29, 1.82) is 5.41 Å². The molecule has 0 aliphatic carbocycles. The number of benzene rings is 2. The Hall–Kier alpha value is -2.94. The van der Waals surface area contributed by atoms with Gasteiger partial charge < -0.3 is 10.2 Å². The van der Waals surface area contributed by atoms with Crippen molar-refractivity contribution in [2.75, 3.05) is 46.3 Å². The number of halogens is 3. The Morgan fingerprint density at radius 1 is 1.03 bits per heavy atom. The second-order valence-corrected chi connectivity index (χ2v) is 8.51. The van der Waals surface area contributed by atoms with Crippen LogP contribution < -0.4 is 16.2 Å². The summed E-state index contributed by atoms with van der Waals surface area (Å²) < 4.78 is 27.4. The molecule has 1 fully saturated rings. The van der Waals surface area contributed by atoms with Gasteiger partial charge in [-0.05, 0) is 25.2 Å². The molecule has 0 atom stereocenters. The number of nitrogens with zero attached hydrogens (tertiary/aromatic N) is 2. The van der Waals surface area contributed by atoms with Gasteiger partial charge in [0.1, 0.15) is 5.82 Å². The zero-order valence-corrected chi connectivity index (χ0v) is 19.1. The van der Waals surface area contributed by atoms with Crippen LogP contribution >= 0.6 is 11.6 Å². The predicted octanol–water partition coefficient (Wildman–Crippen LogP) is 3.10. The van der Waals surface area contributed by atoms with Crippen LogP contribution in [0.15, 0.2) is 65.0 Å². The summed E-state index contributed by atoms with van der Waals surface area (Å²) in [6, 6.07) is 12.9. The molecule has 0 unspecified atom stereocenters. The highest BCUT2D eigenvalue weighted by Crippen LogP contribution is 2.31. The number of hydrogen-bond acceptors (Lipinski definition) is 6. The van der Waals surface area contributed by atoms with Gasteiger partial charge in [-0.1, -0.05) is 41.9 Å². The van der Waals surface area contributed by atoms with Gasteiger partial charge in [-0.25, -0.2) is 8.78 Å². The maximum Gasteiger partial charge on any atom is 0.159 e. The van der Waals surface area contributed by atoms with E-state index in [1.165, 1.54) is 6.07 Å². The third-order valence-corrected chi connectivity index (χ3v) is 6.23. The molecule has 2 aliphatic rings. The molecule has 2 heterocycles. The molecule has 0 amide bonds. The van der Waals surface area contributed by atoms with Gasteiger partial charge in [0.05, 0.1) is 22.0 Å². The van der Waals surface area contributed by atoms with Gasteiger partial charge in [0.15, 0.2) is 11.6 Å². The average Bonchev–Trinajstić information content (AvgIpc) is 2.82. The van der Waals surface area contributed by atoms with E-state index >= 15 is 0 Å². The molecule has 0 bridgehead atoms. The molecule has 2 aromatic carbocycles. The Balaban J connectivity index is 1.62. The Morgan fingerprint density at radius 3 is 2.45 bits per heavy atom. The fourth-order valence-corrected chi connectivity index (χ4v) is 4.20. The first-order valence-corrected chi connectivity index (χ1v) is 11.2. The van der Waals surface area contributed by atoms with E-state index in [1.54, 1.807) is 0 Å². The first kappa shape index (κ1) is 23.2. The second kappa shape index (κ2) is 10.3. The number of hydrazine groups is 1. The van der Waals surface area contributed by atoms with Gasteiger partial charge in [-0.2, -0.15) is 0 Å². The average molecular weight is 473 g/mol. The van der Waals surface area contributed by atoms with E-state index in [1.807, 2.05) is 30.3 Å². The van der Waals surface area contributed by atoms with Gasteiger partial charge in [-0.15, -0.1) is 0 Å². The lowest BCUT2D eigenvalue weighted by molar-refractivity contribution is 0.155. The van der Waals surface area contributed by atoms with Crippen LogP contribution in [-0.4, -0.2) is 61.8 Å². The lowest BCUT2D eigenvalue weighted by Crippen LogP contribution is -2.48. The lowest BCUT2D eigenvalue weighted by atomic mass is 9.98. The van der Waals surface area contributed by atoms with E-state index in [2.05, 4.69) is 33.0 Å². The minimum atomic E-state index is -1.01. The van der Waals surface area contributed by atoms with Crippen molar-refractivity contribution >= 4 is 23.0 Å². The predicted molar refractivity (Wildman–Crippen MR) is 128 cm³/mol. The van der Waals surface area contributed by atoms with E-state index in [-0.39, 0.29) is 11.3 Å². The standard InChI is InChI=1S/C24H27ClF2N6/c1-32-11-13-33(14-12-32)10-9-29-24-20(22(28)17-7-8-18(26)19(27)15-17)21(25)23(30-31-24)16-5-3-2-4-6-16/h2-8,15,28-31H,9-14H2,1H3. The van der Waals surface area contributed by atoms with Crippen LogP contribution in [0.5, 0.6) is 0 Å². The van der Waals surface area contributed by atoms with E-state index in [4.69, 9.17) is 17.0 Å². The van der Waals surface area contributed by atoms with E-state index in [0.717, 1.165) is 50.4 Å². The van der Waals surface area contributed by atoms with Crippen LogP contribution in [0.25, 0.3) is 5.70 Å². The Morgan fingerprint density at radius 2 is 1.76 bits per heavy atom. The summed E-state index contributed by atoms with van der Waals surface area (Å²) in [4.78, 5) is 4.67. The molecule has 0 radical (unpaired) electrons. The minimum absolute atomic E-state index is 0.0107. The first-order chi connectivity index (χ1) is 15.9. The zero-order chi connectivity index (χ0) is 23.4. The van der Waals surface area contributed by atoms with Crippen molar-refractivity contribution in [3.05, 3.63) is 87.7 Å². The molecular formula is C24H27ClF2N6. The molecule has 6 nitrogen and oxygen atoms in total. The summed E-state index contributed by atoms with van der Waals surface area (Å²) >= 11 is 6.79. The molecule has 9 heteroatoms. The molecule has 1 saturated heterocycles. The third-order valence-electron chi connectivity index (χ3n) is 5.85. The monoisotopic (exact) mass is 472 g/mol. The van der Waals surface area contributed by atoms with Gasteiger partial charge in [0, 0.05) is 50.4 Å². The van der Waals surface area contributed by atoms with E-state index in [0.29, 0.717) is 28.7 Å². The number of allylic oxidation sites excluding steroid dienone is 2. The quantitative estimate of drug-likeness (QED) is 0.466. The molecule has 33 heavy (non-hydrogen) atoms. The fraction of sp³-hybridized carbons (Fsp3) is 0.292. The van der Waals surface area contributed by atoms with E-state index < -0.39 is 11.6 Å². The summed E-state index contributed by atoms with van der Waals surface area (Å²) in [5.74, 6) is -1.45. The smallest absolute Gasteiger partial charge is 0.159 e. The topological polar surface area (TPSA) is 66.4 Å². The highest BCUT2D eigenvalue weighted by Gasteiger charge is 2.26. The third kappa shape index (κ3) is 5.35. The van der Waals surface area contributed by atoms with Gasteiger partial charge >= 0.3 is 0 Å². The Labute approximate surface area is 197 Å². The maximum atomic E-state index is 13.9. The molecule has 2 aliphatic heterocycles. The Kier molecular flexibility index (Phi) is 7.27. The first-order valence-electron chi connectivity index (χ1n) is 10.8. The Bertz CT molecular complexity index is 1080. The largest absolute Gasteiger partial charge is 0.369 e. The molecule has 174 valence electrons. The van der Waals surface area contributed by atoms with E-state index in [9.17, 15) is 8.78 Å². The molecular weight excluding hydrogens is 446 g/mol. The molecule has 0 aromatic heterocycles. The van der Waals surface area contributed by atoms with Crippen LogP contribution in [0.1, 0.15) is 11.1 Å². The number of hydrogen-bond donors (Lipinski definition) is 4. The highest BCUT2D eigenvalue weighted by molar-refractivity contribution is 6.40. The molecule has 0 spiro atoms. The van der Waals surface area contributed by atoms with Crippen molar-refractivity contribution in [2.45, 2.75) is 0 Å². The second-order valence-electron chi connectivity index (χ2n) is 8.13. The molecule has 0 saturated carbocycles. The maximum absolute atomic E-state index is 13.9. The summed E-state index contributed by atoms with van der Waals surface area (Å²) in [6.07, 6.45) is 0. The van der Waals surface area contributed by atoms with Crippen molar-refractivity contribution in [3.8, 4) is 0 Å². The van der Waals surface area contributed by atoms with Crippen molar-refractivity contribution in [2.24, 2.45) is 0 Å². The summed E-state index contributed by atoms with van der Waals surface area (Å²) in [7, 11) is 2.12. The summed E-state index contributed by atoms with van der Waals surface area (Å²) in [5.41, 5.74) is 8.27. The van der Waals surface area contributed by atoms with Crippen LogP contribution in [-0.2, 0) is 0 Å². The molecule has 4 rings (SSSR count). The number of likely N-dealkylation sites (N-methyl/N-ethyl adjacent to an activating group) is 1. The number of piperazine rings is 1. The van der Waals surface area contributed by atoms with Gasteiger partial charge in [0.25, 0.3) is 0 Å². The fourth-order valence-electron chi connectivity index (χ4n) is 3.85. The molecule has 2 aromatic rings. The van der Waals surface area contributed by atoms with Gasteiger partial charge in [0.2, 0.25) is 0 Å².